The third kappa shape index (κ3) is 5.07. The number of thioether (sulfide) groups is 1. The molecule has 0 aliphatic carbocycles. The van der Waals surface area contributed by atoms with Gasteiger partial charge in [0.25, 0.3) is 5.91 Å². The zero-order valence-corrected chi connectivity index (χ0v) is 21.0. The van der Waals surface area contributed by atoms with Crippen molar-refractivity contribution in [1.82, 2.24) is 10.1 Å². The zero-order chi connectivity index (χ0) is 24.4. The summed E-state index contributed by atoms with van der Waals surface area (Å²) in [6, 6.07) is 13.6. The average molecular weight is 477 g/mol. The Kier molecular flexibility index (Phi) is 6.88. The third-order valence-corrected chi connectivity index (χ3v) is 6.36. The molecule has 0 saturated heterocycles. The summed E-state index contributed by atoms with van der Waals surface area (Å²) in [7, 11) is 1.62. The van der Waals surface area contributed by atoms with Crippen LogP contribution in [0.25, 0.3) is 6.08 Å². The second-order valence-electron chi connectivity index (χ2n) is 8.59. The third-order valence-electron chi connectivity index (χ3n) is 5.32. The summed E-state index contributed by atoms with van der Waals surface area (Å²) >= 11 is 1.42. The number of nitrogens with zero attached hydrogens (tertiary/aromatic N) is 4. The second kappa shape index (κ2) is 9.85. The number of hydrogen-bond donors (Lipinski definition) is 0. The summed E-state index contributed by atoms with van der Waals surface area (Å²) in [5.41, 5.74) is 4.17. The van der Waals surface area contributed by atoms with E-state index in [4.69, 9.17) is 14.3 Å². The molecule has 0 bridgehead atoms. The van der Waals surface area contributed by atoms with Crippen molar-refractivity contribution < 1.29 is 14.1 Å². The Bertz CT molecular complexity index is 1240. The fourth-order valence-corrected chi connectivity index (χ4v) is 4.55. The number of rotatable bonds is 6. The van der Waals surface area contributed by atoms with E-state index in [-0.39, 0.29) is 17.1 Å². The first-order chi connectivity index (χ1) is 16.2. The first kappa shape index (κ1) is 23.8. The van der Waals surface area contributed by atoms with E-state index in [0.717, 1.165) is 28.1 Å². The van der Waals surface area contributed by atoms with Gasteiger partial charge in [-0.05, 0) is 67.8 Å². The summed E-state index contributed by atoms with van der Waals surface area (Å²) in [4.78, 5) is 24.4. The van der Waals surface area contributed by atoms with Crippen LogP contribution >= 0.6 is 11.8 Å². The summed E-state index contributed by atoms with van der Waals surface area (Å²) in [6.45, 7) is 10.0. The van der Waals surface area contributed by atoms with Crippen LogP contribution in [0.5, 0.6) is 5.75 Å². The number of methoxy groups -OCH3 is 1. The van der Waals surface area contributed by atoms with E-state index in [1.54, 1.807) is 18.1 Å². The molecule has 176 valence electrons. The van der Waals surface area contributed by atoms with Gasteiger partial charge in [-0.3, -0.25) is 9.69 Å². The molecule has 3 aromatic rings. The van der Waals surface area contributed by atoms with Gasteiger partial charge in [0.1, 0.15) is 11.4 Å². The van der Waals surface area contributed by atoms with E-state index in [0.29, 0.717) is 22.6 Å². The predicted octanol–water partition coefficient (Wildman–Crippen LogP) is 6.06. The lowest BCUT2D eigenvalue weighted by atomic mass is 10.1. The molecule has 4 rings (SSSR count). The van der Waals surface area contributed by atoms with Crippen molar-refractivity contribution in [3.63, 3.8) is 0 Å². The molecular formula is C26H28N4O3S. The molecule has 0 radical (unpaired) electrons. The number of aryl methyl sites for hydroxylation is 2. The standard InChI is InChI=1S/C26H28N4O3S/c1-15(2)23-28-24(33-29-23)18(5)34-26-27-22(14-19-7-9-21(32-6)10-8-19)25(31)30(26)20-12-16(3)11-17(4)13-20/h7-15,18H,1-6H3/b22-14-. The van der Waals surface area contributed by atoms with Gasteiger partial charge in [-0.2, -0.15) is 4.98 Å². The molecule has 8 heteroatoms. The molecule has 1 aliphatic rings. The molecular weight excluding hydrogens is 448 g/mol. The van der Waals surface area contributed by atoms with Gasteiger partial charge in [0.05, 0.1) is 18.0 Å². The Morgan fingerprint density at radius 1 is 1.06 bits per heavy atom. The number of amides is 1. The van der Waals surface area contributed by atoms with Crippen molar-refractivity contribution >= 4 is 34.6 Å². The first-order valence-electron chi connectivity index (χ1n) is 11.1. The summed E-state index contributed by atoms with van der Waals surface area (Å²) in [5.74, 6) is 1.93. The lowest BCUT2D eigenvalue weighted by molar-refractivity contribution is -0.113. The fraction of sp³-hybridized carbons (Fsp3) is 0.308. The average Bonchev–Trinajstić information content (AvgIpc) is 3.39. The first-order valence-corrected chi connectivity index (χ1v) is 12.0. The summed E-state index contributed by atoms with van der Waals surface area (Å²) in [6.07, 6.45) is 1.79. The highest BCUT2D eigenvalue weighted by atomic mass is 32.2. The van der Waals surface area contributed by atoms with Crippen molar-refractivity contribution in [3.05, 3.63) is 76.6 Å². The van der Waals surface area contributed by atoms with Gasteiger partial charge in [-0.15, -0.1) is 0 Å². The minimum Gasteiger partial charge on any atom is -0.497 e. The molecule has 1 aromatic heterocycles. The lowest BCUT2D eigenvalue weighted by Gasteiger charge is -2.20. The maximum Gasteiger partial charge on any atom is 0.283 e. The number of benzene rings is 2. The van der Waals surface area contributed by atoms with Gasteiger partial charge in [0, 0.05) is 5.92 Å². The highest BCUT2D eigenvalue weighted by Crippen LogP contribution is 2.37. The van der Waals surface area contributed by atoms with Crippen molar-refractivity contribution in [3.8, 4) is 5.75 Å². The summed E-state index contributed by atoms with van der Waals surface area (Å²) in [5, 5.41) is 4.47. The van der Waals surface area contributed by atoms with E-state index in [1.165, 1.54) is 11.8 Å². The van der Waals surface area contributed by atoms with Crippen molar-refractivity contribution in [2.75, 3.05) is 12.0 Å². The minimum absolute atomic E-state index is 0.172. The van der Waals surface area contributed by atoms with Gasteiger partial charge < -0.3 is 9.26 Å². The van der Waals surface area contributed by atoms with Crippen LogP contribution in [0.2, 0.25) is 0 Å². The SMILES string of the molecule is COc1ccc(/C=C2\N=C(SC(C)c3nc(C(C)C)no3)N(c3cc(C)cc(C)c3)C2=O)cc1. The molecule has 34 heavy (non-hydrogen) atoms. The molecule has 1 atom stereocenters. The molecule has 2 heterocycles. The van der Waals surface area contributed by atoms with Gasteiger partial charge in [0.2, 0.25) is 5.89 Å². The second-order valence-corrected chi connectivity index (χ2v) is 9.90. The maximum atomic E-state index is 13.5. The zero-order valence-electron chi connectivity index (χ0n) is 20.2. The monoisotopic (exact) mass is 476 g/mol. The normalized spacial score (nSPS) is 15.9. The van der Waals surface area contributed by atoms with E-state index in [1.807, 2.05) is 71.0 Å². The smallest absolute Gasteiger partial charge is 0.283 e. The van der Waals surface area contributed by atoms with Crippen LogP contribution in [0, 0.1) is 13.8 Å². The number of ether oxygens (including phenoxy) is 1. The topological polar surface area (TPSA) is 80.8 Å². The van der Waals surface area contributed by atoms with Gasteiger partial charge in [-0.1, -0.05) is 49.0 Å². The van der Waals surface area contributed by atoms with Crippen LogP contribution in [0.4, 0.5) is 5.69 Å². The number of carbonyl (C=O) groups excluding carboxylic acids is 1. The summed E-state index contributed by atoms with van der Waals surface area (Å²) < 4.78 is 10.7. The predicted molar refractivity (Wildman–Crippen MR) is 136 cm³/mol. The van der Waals surface area contributed by atoms with Crippen LogP contribution in [-0.2, 0) is 4.79 Å². The van der Waals surface area contributed by atoms with Gasteiger partial charge in [0.15, 0.2) is 11.0 Å². The van der Waals surface area contributed by atoms with Crippen molar-refractivity contribution in [2.45, 2.75) is 45.8 Å². The number of carbonyl (C=O) groups is 1. The Hall–Kier alpha value is -3.39. The molecule has 1 amide bonds. The minimum atomic E-state index is -0.180. The molecule has 0 spiro atoms. The Balaban J connectivity index is 1.70. The van der Waals surface area contributed by atoms with Crippen LogP contribution in [0.1, 0.15) is 60.3 Å². The van der Waals surface area contributed by atoms with Crippen LogP contribution in [-0.4, -0.2) is 28.3 Å². The number of amidine groups is 1. The molecule has 1 unspecified atom stereocenters. The number of aliphatic imine (C=N–C) groups is 1. The maximum absolute atomic E-state index is 13.5. The molecule has 7 nitrogen and oxygen atoms in total. The molecule has 2 aromatic carbocycles. The van der Waals surface area contributed by atoms with E-state index in [2.05, 4.69) is 16.2 Å². The molecule has 1 aliphatic heterocycles. The van der Waals surface area contributed by atoms with Crippen LogP contribution in [0.3, 0.4) is 0 Å². The van der Waals surface area contributed by atoms with Crippen molar-refractivity contribution in [2.24, 2.45) is 4.99 Å². The van der Waals surface area contributed by atoms with E-state index >= 15 is 0 Å². The number of hydrogen-bond acceptors (Lipinski definition) is 7. The Labute approximate surface area is 203 Å². The molecule has 0 saturated carbocycles. The molecule has 0 fully saturated rings. The van der Waals surface area contributed by atoms with Crippen LogP contribution < -0.4 is 9.64 Å². The number of aromatic nitrogens is 2. The van der Waals surface area contributed by atoms with Gasteiger partial charge >= 0.3 is 0 Å². The van der Waals surface area contributed by atoms with Crippen molar-refractivity contribution in [1.29, 1.82) is 0 Å². The fourth-order valence-electron chi connectivity index (χ4n) is 3.60. The number of anilines is 1. The molecule has 0 N–H and O–H groups in total. The van der Waals surface area contributed by atoms with E-state index in [9.17, 15) is 4.79 Å². The van der Waals surface area contributed by atoms with Crippen LogP contribution in [0.15, 0.2) is 57.7 Å². The van der Waals surface area contributed by atoms with Gasteiger partial charge in [-0.25, -0.2) is 4.99 Å². The largest absolute Gasteiger partial charge is 0.497 e. The quantitative estimate of drug-likeness (QED) is 0.403. The Morgan fingerprint density at radius 2 is 1.74 bits per heavy atom. The highest BCUT2D eigenvalue weighted by Gasteiger charge is 2.34. The highest BCUT2D eigenvalue weighted by molar-refractivity contribution is 8.14. The Morgan fingerprint density at radius 3 is 2.32 bits per heavy atom. The van der Waals surface area contributed by atoms with E-state index < -0.39 is 0 Å². The lowest BCUT2D eigenvalue weighted by Crippen LogP contribution is -2.30.